The molecule has 6 atom stereocenters. The number of likely N-dealkylation sites (N-methyl/N-ethyl adjacent to an activating group) is 2. The molecule has 2 aliphatic heterocycles. The number of nitrogens with one attached hydrogen (secondary N) is 1. The number of esters is 1. The van der Waals surface area contributed by atoms with Crippen molar-refractivity contribution >= 4 is 35.4 Å². The fourth-order valence-electron chi connectivity index (χ4n) is 5.87. The van der Waals surface area contributed by atoms with E-state index in [4.69, 9.17) is 4.74 Å². The molecule has 238 valence electrons. The number of Topliss-reactive ketones (excluding diaryl/α,β-unsaturated/α-hetero) is 1. The van der Waals surface area contributed by atoms with Crippen LogP contribution >= 0.6 is 0 Å². The van der Waals surface area contributed by atoms with Crippen LogP contribution in [0.3, 0.4) is 0 Å². The summed E-state index contributed by atoms with van der Waals surface area (Å²) in [5.74, 6) is -3.43. The van der Waals surface area contributed by atoms with Crippen molar-refractivity contribution in [3.63, 3.8) is 0 Å². The minimum Gasteiger partial charge on any atom is -0.452 e. The Labute approximate surface area is 251 Å². The van der Waals surface area contributed by atoms with Gasteiger partial charge in [-0.25, -0.2) is 0 Å². The average molecular weight is 593 g/mol. The molecular formula is C31H52N4O7. The van der Waals surface area contributed by atoms with E-state index in [2.05, 4.69) is 5.32 Å². The van der Waals surface area contributed by atoms with Crippen LogP contribution < -0.4 is 5.32 Å². The summed E-state index contributed by atoms with van der Waals surface area (Å²) in [5, 5.41) is 2.68. The molecule has 4 amide bonds. The first-order valence-electron chi connectivity index (χ1n) is 15.5. The highest BCUT2D eigenvalue weighted by molar-refractivity contribution is 5.96. The summed E-state index contributed by atoms with van der Waals surface area (Å²) in [6, 6.07) is -2.42. The first-order chi connectivity index (χ1) is 19.6. The molecule has 0 saturated carbocycles. The van der Waals surface area contributed by atoms with E-state index in [9.17, 15) is 28.8 Å². The molecule has 1 unspecified atom stereocenters. The van der Waals surface area contributed by atoms with Crippen molar-refractivity contribution in [2.75, 3.05) is 27.2 Å². The van der Waals surface area contributed by atoms with Gasteiger partial charge in [-0.15, -0.1) is 0 Å². The second kappa shape index (κ2) is 15.5. The lowest BCUT2D eigenvalue weighted by Crippen LogP contribution is -2.56. The predicted molar refractivity (Wildman–Crippen MR) is 158 cm³/mol. The van der Waals surface area contributed by atoms with Crippen LogP contribution in [-0.4, -0.2) is 101 Å². The summed E-state index contributed by atoms with van der Waals surface area (Å²) < 4.78 is 5.61. The number of hydrogen-bond donors (Lipinski definition) is 1. The molecule has 11 heteroatoms. The van der Waals surface area contributed by atoms with E-state index in [1.807, 2.05) is 41.5 Å². The maximum Gasteiger partial charge on any atom is 0.308 e. The normalized spacial score (nSPS) is 28.8. The third-order valence-corrected chi connectivity index (χ3v) is 8.80. The molecule has 2 fully saturated rings. The molecule has 0 aromatic rings. The molecule has 0 aliphatic carbocycles. The number of cyclic esters (lactones) is 1. The van der Waals surface area contributed by atoms with Crippen LogP contribution in [0.2, 0.25) is 0 Å². The molecule has 11 nitrogen and oxygen atoms in total. The van der Waals surface area contributed by atoms with Crippen LogP contribution in [0.25, 0.3) is 0 Å². The van der Waals surface area contributed by atoms with Gasteiger partial charge in [-0.3, -0.25) is 28.8 Å². The average Bonchev–Trinajstić information content (AvgIpc) is 3.42. The highest BCUT2D eigenvalue weighted by Crippen LogP contribution is 2.29. The number of ketones is 1. The van der Waals surface area contributed by atoms with E-state index in [0.29, 0.717) is 32.2 Å². The van der Waals surface area contributed by atoms with E-state index >= 15 is 0 Å². The van der Waals surface area contributed by atoms with Gasteiger partial charge in [-0.2, -0.15) is 0 Å². The van der Waals surface area contributed by atoms with Crippen molar-refractivity contribution in [1.29, 1.82) is 0 Å². The van der Waals surface area contributed by atoms with E-state index in [0.717, 1.165) is 0 Å². The molecule has 2 heterocycles. The van der Waals surface area contributed by atoms with E-state index < -0.39 is 47.9 Å². The summed E-state index contributed by atoms with van der Waals surface area (Å²) in [7, 11) is 3.10. The van der Waals surface area contributed by atoms with E-state index in [1.54, 1.807) is 14.0 Å². The number of carbonyl (C=O) groups is 6. The van der Waals surface area contributed by atoms with Gasteiger partial charge in [0.15, 0.2) is 11.9 Å². The van der Waals surface area contributed by atoms with Gasteiger partial charge in [-0.05, 0) is 43.9 Å². The minimum atomic E-state index is -1.05. The second-order valence-electron chi connectivity index (χ2n) is 12.8. The molecule has 2 rings (SSSR count). The molecular weight excluding hydrogens is 540 g/mol. The molecule has 0 aromatic heterocycles. The number of hydrogen-bond acceptors (Lipinski definition) is 7. The van der Waals surface area contributed by atoms with E-state index in [-0.39, 0.29) is 54.7 Å². The fraction of sp³-hybridized carbons (Fsp3) is 0.806. The zero-order valence-corrected chi connectivity index (χ0v) is 27.0. The van der Waals surface area contributed by atoms with Crippen molar-refractivity contribution < 1.29 is 33.5 Å². The van der Waals surface area contributed by atoms with Gasteiger partial charge < -0.3 is 24.8 Å². The van der Waals surface area contributed by atoms with Crippen molar-refractivity contribution in [2.45, 2.75) is 111 Å². The van der Waals surface area contributed by atoms with Crippen LogP contribution in [0, 0.1) is 23.7 Å². The van der Waals surface area contributed by atoms with Gasteiger partial charge >= 0.3 is 5.97 Å². The van der Waals surface area contributed by atoms with E-state index in [1.165, 1.54) is 21.7 Å². The molecule has 2 saturated heterocycles. The predicted octanol–water partition coefficient (Wildman–Crippen LogP) is 2.41. The Bertz CT molecular complexity index is 1010. The van der Waals surface area contributed by atoms with Crippen LogP contribution in [0.15, 0.2) is 0 Å². The summed E-state index contributed by atoms with van der Waals surface area (Å²) >= 11 is 0. The first kappa shape index (κ1) is 35.2. The lowest BCUT2D eigenvalue weighted by Gasteiger charge is -2.37. The van der Waals surface area contributed by atoms with Crippen molar-refractivity contribution in [3.05, 3.63) is 0 Å². The minimum absolute atomic E-state index is 0.0277. The maximum absolute atomic E-state index is 14.0. The highest BCUT2D eigenvalue weighted by atomic mass is 16.5. The fourth-order valence-corrected chi connectivity index (χ4v) is 5.87. The van der Waals surface area contributed by atoms with Gasteiger partial charge in [0.2, 0.25) is 17.7 Å². The SMILES string of the molecule is CCC(C)[C@@H]1CC(=O)[C@@H]2CCCN2C(=O)[C@@H](CC(C)C)OC(=O)CCNC(=O)[C@H](C)N(C)C(=O)[C@H](C(C)C)N(C)C1=O. The lowest BCUT2D eigenvalue weighted by atomic mass is 9.84. The quantitative estimate of drug-likeness (QED) is 0.485. The zero-order valence-electron chi connectivity index (χ0n) is 27.0. The largest absolute Gasteiger partial charge is 0.452 e. The monoisotopic (exact) mass is 592 g/mol. The van der Waals surface area contributed by atoms with Gasteiger partial charge in [0.25, 0.3) is 5.91 Å². The topological polar surface area (TPSA) is 133 Å². The van der Waals surface area contributed by atoms with Gasteiger partial charge in [-0.1, -0.05) is 48.0 Å². The number of rotatable bonds is 5. The molecule has 0 aromatic carbocycles. The van der Waals surface area contributed by atoms with Gasteiger partial charge in [0.05, 0.1) is 12.5 Å². The van der Waals surface area contributed by atoms with Crippen LogP contribution in [0.5, 0.6) is 0 Å². The van der Waals surface area contributed by atoms with Crippen molar-refractivity contribution in [3.8, 4) is 0 Å². The summed E-state index contributed by atoms with van der Waals surface area (Å²) in [5.41, 5.74) is 0. The van der Waals surface area contributed by atoms with Gasteiger partial charge in [0, 0.05) is 39.5 Å². The second-order valence-corrected chi connectivity index (χ2v) is 12.8. The Kier molecular flexibility index (Phi) is 13.0. The van der Waals surface area contributed by atoms with Crippen LogP contribution in [-0.2, 0) is 33.5 Å². The molecule has 0 radical (unpaired) electrons. The van der Waals surface area contributed by atoms with Crippen molar-refractivity contribution in [2.24, 2.45) is 23.7 Å². The van der Waals surface area contributed by atoms with Crippen LogP contribution in [0.4, 0.5) is 0 Å². The Balaban J connectivity index is 2.54. The summed E-state index contributed by atoms with van der Waals surface area (Å²) in [6.07, 6.45) is 0.801. The number of ether oxygens (including phenoxy) is 1. The molecule has 42 heavy (non-hydrogen) atoms. The Morgan fingerprint density at radius 1 is 0.929 bits per heavy atom. The van der Waals surface area contributed by atoms with Crippen molar-refractivity contribution in [1.82, 2.24) is 20.0 Å². The number of amides is 4. The lowest BCUT2D eigenvalue weighted by molar-refractivity contribution is -0.162. The van der Waals surface area contributed by atoms with Crippen LogP contribution in [0.1, 0.15) is 87.0 Å². The first-order valence-corrected chi connectivity index (χ1v) is 15.5. The third kappa shape index (κ3) is 8.53. The highest BCUT2D eigenvalue weighted by Gasteiger charge is 2.43. The standard InChI is InChI=1S/C31H52N4O7/c1-10-20(6)22-17-24(36)23-12-11-15-35(23)30(40)25(16-18(2)3)42-26(37)13-14-32-28(38)21(7)33(8)31(41)27(19(4)5)34(9)29(22)39/h18-23,25,27H,10-17H2,1-9H3,(H,32,38)/t20?,21-,22-,23-,25+,27-/m0/s1. The number of nitrogens with zero attached hydrogens (tertiary/aromatic N) is 3. The third-order valence-electron chi connectivity index (χ3n) is 8.80. The zero-order chi connectivity index (χ0) is 31.9. The summed E-state index contributed by atoms with van der Waals surface area (Å²) in [6.45, 7) is 13.3. The smallest absolute Gasteiger partial charge is 0.308 e. The number of carbonyl (C=O) groups excluding carboxylic acids is 6. The summed E-state index contributed by atoms with van der Waals surface area (Å²) in [4.78, 5) is 85.0. The molecule has 0 bridgehead atoms. The Morgan fingerprint density at radius 2 is 1.57 bits per heavy atom. The number of fused-ring (bicyclic) bond motifs is 1. The maximum atomic E-state index is 14.0. The molecule has 1 N–H and O–H groups in total. The Hall–Kier alpha value is -2.98. The molecule has 2 aliphatic rings. The molecule has 0 spiro atoms. The Morgan fingerprint density at radius 3 is 2.14 bits per heavy atom. The van der Waals surface area contributed by atoms with Gasteiger partial charge in [0.1, 0.15) is 12.1 Å².